The van der Waals surface area contributed by atoms with Crippen molar-refractivity contribution < 1.29 is 9.53 Å². The molecular weight excluding hydrogens is 390 g/mol. The normalized spacial score (nSPS) is 17.0. The lowest BCUT2D eigenvalue weighted by atomic mass is 10.2. The molecule has 4 rings (SSSR count). The van der Waals surface area contributed by atoms with E-state index in [-0.39, 0.29) is 17.8 Å². The summed E-state index contributed by atoms with van der Waals surface area (Å²) in [4.78, 5) is 23.1. The quantitative estimate of drug-likeness (QED) is 0.492. The molecule has 3 aromatic heterocycles. The second kappa shape index (κ2) is 7.95. The molecule has 0 aromatic carbocycles. The Morgan fingerprint density at radius 2 is 2.31 bits per heavy atom. The molecular formula is C16H17N5O2S3. The van der Waals surface area contributed by atoms with Crippen molar-refractivity contribution in [3.63, 3.8) is 0 Å². The molecule has 136 valence electrons. The second-order valence-electron chi connectivity index (χ2n) is 5.75. The molecule has 0 bridgehead atoms. The van der Waals surface area contributed by atoms with E-state index in [0.29, 0.717) is 5.13 Å². The molecule has 0 saturated carbocycles. The van der Waals surface area contributed by atoms with E-state index in [0.717, 1.165) is 46.1 Å². The predicted octanol–water partition coefficient (Wildman–Crippen LogP) is 3.69. The van der Waals surface area contributed by atoms with Crippen molar-refractivity contribution in [3.8, 4) is 0 Å². The third-order valence-corrected chi connectivity index (χ3v) is 7.05. The SMILES string of the molecule is CCc1cc2c(SCC(=O)Nc3nnc(C4CCCO4)s3)ncnc2s1. The Kier molecular flexibility index (Phi) is 5.44. The number of ether oxygens (including phenoxy) is 1. The van der Waals surface area contributed by atoms with Crippen molar-refractivity contribution in [2.24, 2.45) is 0 Å². The summed E-state index contributed by atoms with van der Waals surface area (Å²) in [6.07, 6.45) is 4.54. The smallest absolute Gasteiger partial charge is 0.236 e. The summed E-state index contributed by atoms with van der Waals surface area (Å²) in [5, 5.41) is 14.2. The van der Waals surface area contributed by atoms with Crippen LogP contribution in [0.4, 0.5) is 5.13 Å². The molecule has 26 heavy (non-hydrogen) atoms. The van der Waals surface area contributed by atoms with Gasteiger partial charge in [0.25, 0.3) is 0 Å². The van der Waals surface area contributed by atoms with Crippen LogP contribution in [0.2, 0.25) is 0 Å². The van der Waals surface area contributed by atoms with Gasteiger partial charge in [-0.2, -0.15) is 0 Å². The minimum Gasteiger partial charge on any atom is -0.371 e. The number of carbonyl (C=O) groups is 1. The van der Waals surface area contributed by atoms with E-state index in [9.17, 15) is 4.79 Å². The molecule has 1 N–H and O–H groups in total. The molecule has 1 fully saturated rings. The Morgan fingerprint density at radius 3 is 3.12 bits per heavy atom. The number of rotatable bonds is 6. The number of anilines is 1. The maximum Gasteiger partial charge on any atom is 0.236 e. The number of thiophene rings is 1. The number of nitrogens with zero attached hydrogens (tertiary/aromatic N) is 4. The third-order valence-electron chi connectivity index (χ3n) is 3.92. The molecule has 10 heteroatoms. The lowest BCUT2D eigenvalue weighted by molar-refractivity contribution is -0.113. The summed E-state index contributed by atoms with van der Waals surface area (Å²) in [6, 6.07) is 2.11. The van der Waals surface area contributed by atoms with Crippen molar-refractivity contribution in [2.75, 3.05) is 17.7 Å². The van der Waals surface area contributed by atoms with Gasteiger partial charge in [-0.15, -0.1) is 21.5 Å². The first kappa shape index (κ1) is 17.8. The van der Waals surface area contributed by atoms with Gasteiger partial charge >= 0.3 is 0 Å². The van der Waals surface area contributed by atoms with E-state index in [1.54, 1.807) is 17.7 Å². The van der Waals surface area contributed by atoms with Crippen LogP contribution in [0.3, 0.4) is 0 Å². The Balaban J connectivity index is 1.37. The molecule has 0 radical (unpaired) electrons. The molecule has 1 amide bonds. The lowest BCUT2D eigenvalue weighted by Crippen LogP contribution is -2.13. The molecule has 1 saturated heterocycles. The maximum absolute atomic E-state index is 12.2. The minimum atomic E-state index is -0.122. The summed E-state index contributed by atoms with van der Waals surface area (Å²) in [7, 11) is 0. The number of hydrogen-bond donors (Lipinski definition) is 1. The molecule has 1 atom stereocenters. The van der Waals surface area contributed by atoms with Crippen molar-refractivity contribution in [1.82, 2.24) is 20.2 Å². The van der Waals surface area contributed by atoms with Gasteiger partial charge in [0.15, 0.2) is 0 Å². The van der Waals surface area contributed by atoms with Gasteiger partial charge in [-0.1, -0.05) is 30.0 Å². The molecule has 1 aliphatic rings. The van der Waals surface area contributed by atoms with Crippen LogP contribution in [0.25, 0.3) is 10.2 Å². The number of thioether (sulfide) groups is 1. The zero-order valence-electron chi connectivity index (χ0n) is 14.1. The Hall–Kier alpha value is -1.62. The number of hydrogen-bond acceptors (Lipinski definition) is 9. The van der Waals surface area contributed by atoms with Crippen LogP contribution >= 0.6 is 34.4 Å². The zero-order valence-corrected chi connectivity index (χ0v) is 16.5. The lowest BCUT2D eigenvalue weighted by Gasteiger charge is -2.03. The second-order valence-corrected chi connectivity index (χ2v) is 8.84. The van der Waals surface area contributed by atoms with E-state index < -0.39 is 0 Å². The molecule has 0 spiro atoms. The molecule has 1 aliphatic heterocycles. The fourth-order valence-electron chi connectivity index (χ4n) is 2.65. The zero-order chi connectivity index (χ0) is 17.9. The van der Waals surface area contributed by atoms with Gasteiger partial charge in [-0.25, -0.2) is 9.97 Å². The van der Waals surface area contributed by atoms with Gasteiger partial charge in [-0.05, 0) is 25.3 Å². The number of nitrogens with one attached hydrogen (secondary N) is 1. The first-order chi connectivity index (χ1) is 12.7. The van der Waals surface area contributed by atoms with Gasteiger partial charge in [0.2, 0.25) is 11.0 Å². The van der Waals surface area contributed by atoms with Crippen LogP contribution in [-0.4, -0.2) is 38.4 Å². The van der Waals surface area contributed by atoms with Crippen LogP contribution in [0.15, 0.2) is 17.4 Å². The largest absolute Gasteiger partial charge is 0.371 e. The highest BCUT2D eigenvalue weighted by atomic mass is 32.2. The van der Waals surface area contributed by atoms with Gasteiger partial charge in [0.05, 0.1) is 5.75 Å². The van der Waals surface area contributed by atoms with E-state index in [1.807, 2.05) is 0 Å². The van der Waals surface area contributed by atoms with Gasteiger partial charge in [0, 0.05) is 16.9 Å². The monoisotopic (exact) mass is 407 g/mol. The van der Waals surface area contributed by atoms with Gasteiger partial charge < -0.3 is 4.74 Å². The molecule has 3 aromatic rings. The summed E-state index contributed by atoms with van der Waals surface area (Å²) >= 11 is 4.45. The highest BCUT2D eigenvalue weighted by Gasteiger charge is 2.22. The van der Waals surface area contributed by atoms with Crippen LogP contribution in [0, 0.1) is 0 Å². The van der Waals surface area contributed by atoms with E-state index in [4.69, 9.17) is 4.74 Å². The van der Waals surface area contributed by atoms with Gasteiger partial charge in [-0.3, -0.25) is 10.1 Å². The minimum absolute atomic E-state index is 0.0215. The highest BCUT2D eigenvalue weighted by molar-refractivity contribution is 8.00. The summed E-state index contributed by atoms with van der Waals surface area (Å²) < 4.78 is 5.59. The Morgan fingerprint density at radius 1 is 1.38 bits per heavy atom. The Labute approximate surface area is 162 Å². The van der Waals surface area contributed by atoms with E-state index >= 15 is 0 Å². The van der Waals surface area contributed by atoms with Crippen molar-refractivity contribution in [1.29, 1.82) is 0 Å². The molecule has 1 unspecified atom stereocenters. The summed E-state index contributed by atoms with van der Waals surface area (Å²) in [5.74, 6) is 0.140. The fourth-order valence-corrected chi connectivity index (χ4v) is 5.27. The van der Waals surface area contributed by atoms with Crippen LogP contribution in [0.1, 0.15) is 35.8 Å². The standard InChI is InChI=1S/C16H17N5O2S3/c1-2-9-6-10-13(17-8-18-14(10)25-9)24-7-12(22)19-16-21-20-15(26-16)11-4-3-5-23-11/h6,8,11H,2-5,7H2,1H3,(H,19,21,22). The van der Waals surface area contributed by atoms with Crippen LogP contribution in [-0.2, 0) is 16.0 Å². The predicted molar refractivity (Wildman–Crippen MR) is 104 cm³/mol. The number of aromatic nitrogens is 4. The molecule has 0 aliphatic carbocycles. The first-order valence-electron chi connectivity index (χ1n) is 8.34. The van der Waals surface area contributed by atoms with E-state index in [1.165, 1.54) is 28.0 Å². The third kappa shape index (κ3) is 3.88. The number of fused-ring (bicyclic) bond motifs is 1. The fraction of sp³-hybridized carbons (Fsp3) is 0.438. The van der Waals surface area contributed by atoms with Crippen molar-refractivity contribution >= 4 is 55.7 Å². The maximum atomic E-state index is 12.2. The number of carbonyl (C=O) groups excluding carboxylic acids is 1. The number of amides is 1. The summed E-state index contributed by atoms with van der Waals surface area (Å²) in [6.45, 7) is 2.88. The van der Waals surface area contributed by atoms with Crippen LogP contribution in [0.5, 0.6) is 0 Å². The van der Waals surface area contributed by atoms with Crippen molar-refractivity contribution in [2.45, 2.75) is 37.3 Å². The van der Waals surface area contributed by atoms with Crippen molar-refractivity contribution in [3.05, 3.63) is 22.3 Å². The highest BCUT2D eigenvalue weighted by Crippen LogP contribution is 2.33. The summed E-state index contributed by atoms with van der Waals surface area (Å²) in [5.41, 5.74) is 0. The van der Waals surface area contributed by atoms with E-state index in [2.05, 4.69) is 38.5 Å². The molecule has 7 nitrogen and oxygen atoms in total. The van der Waals surface area contributed by atoms with Gasteiger partial charge in [0.1, 0.15) is 27.3 Å². The Bertz CT molecular complexity index is 920. The topological polar surface area (TPSA) is 89.9 Å². The van der Waals surface area contributed by atoms with Crippen LogP contribution < -0.4 is 5.32 Å². The molecule has 4 heterocycles. The number of aryl methyl sites for hydroxylation is 1. The average Bonchev–Trinajstić information content (AvgIpc) is 3.38. The first-order valence-corrected chi connectivity index (χ1v) is 11.0. The average molecular weight is 408 g/mol.